The highest BCUT2D eigenvalue weighted by atomic mass is 16.5. The number of imide groups is 1. The third-order valence-corrected chi connectivity index (χ3v) is 3.22. The van der Waals surface area contributed by atoms with Gasteiger partial charge in [0.1, 0.15) is 5.75 Å². The number of anilines is 1. The van der Waals surface area contributed by atoms with Crippen LogP contribution in [-0.4, -0.2) is 36.4 Å². The number of hydrogen-bond donors (Lipinski definition) is 2. The maximum Gasteiger partial charge on any atom is 0.243 e. The van der Waals surface area contributed by atoms with Crippen LogP contribution in [0.1, 0.15) is 12.5 Å². The number of rotatable bonds is 3. The minimum absolute atomic E-state index is 0.207. The lowest BCUT2D eigenvalue weighted by molar-refractivity contribution is -0.139. The molecule has 3 N–H and O–H groups in total. The molecule has 0 bridgehead atoms. The van der Waals surface area contributed by atoms with Crippen LogP contribution in [0.25, 0.3) is 0 Å². The molecule has 19 heavy (non-hydrogen) atoms. The number of amides is 2. The molecule has 1 atom stereocenters. The van der Waals surface area contributed by atoms with Gasteiger partial charge >= 0.3 is 0 Å². The van der Waals surface area contributed by atoms with Crippen LogP contribution in [0.2, 0.25) is 0 Å². The van der Waals surface area contributed by atoms with Gasteiger partial charge in [-0.05, 0) is 24.6 Å². The summed E-state index contributed by atoms with van der Waals surface area (Å²) in [4.78, 5) is 24.7. The molecule has 0 spiro atoms. The molecule has 2 rings (SSSR count). The van der Waals surface area contributed by atoms with E-state index in [1.165, 1.54) is 0 Å². The van der Waals surface area contributed by atoms with Crippen molar-refractivity contribution in [3.05, 3.63) is 23.8 Å². The number of piperazine rings is 1. The van der Waals surface area contributed by atoms with Crippen molar-refractivity contribution in [1.29, 1.82) is 0 Å². The van der Waals surface area contributed by atoms with Crippen LogP contribution in [0.5, 0.6) is 5.75 Å². The molecule has 1 aromatic rings. The van der Waals surface area contributed by atoms with Crippen molar-refractivity contribution in [2.24, 2.45) is 0 Å². The van der Waals surface area contributed by atoms with Crippen LogP contribution >= 0.6 is 0 Å². The summed E-state index contributed by atoms with van der Waals surface area (Å²) < 4.78 is 5.09. The van der Waals surface area contributed by atoms with Crippen molar-refractivity contribution in [2.45, 2.75) is 19.5 Å². The van der Waals surface area contributed by atoms with Crippen LogP contribution in [0, 0.1) is 0 Å². The molecule has 1 saturated heterocycles. The summed E-state index contributed by atoms with van der Waals surface area (Å²) in [5.74, 6) is 0.0755. The Kier molecular flexibility index (Phi) is 3.71. The molecule has 0 radical (unpaired) electrons. The van der Waals surface area contributed by atoms with Gasteiger partial charge in [-0.3, -0.25) is 19.8 Å². The Morgan fingerprint density at radius 2 is 2.21 bits per heavy atom. The largest absolute Gasteiger partial charge is 0.495 e. The van der Waals surface area contributed by atoms with Crippen LogP contribution in [0.15, 0.2) is 18.2 Å². The molecule has 1 aliphatic heterocycles. The van der Waals surface area contributed by atoms with Gasteiger partial charge in [0, 0.05) is 6.54 Å². The summed E-state index contributed by atoms with van der Waals surface area (Å²) in [6.07, 6.45) is 0. The molecule has 1 aromatic carbocycles. The second-order valence-electron chi connectivity index (χ2n) is 4.57. The van der Waals surface area contributed by atoms with Gasteiger partial charge in [-0.2, -0.15) is 0 Å². The number of carbonyl (C=O) groups is 2. The van der Waals surface area contributed by atoms with Gasteiger partial charge in [0.2, 0.25) is 11.8 Å². The van der Waals surface area contributed by atoms with Crippen molar-refractivity contribution in [2.75, 3.05) is 19.4 Å². The molecule has 6 heteroatoms. The van der Waals surface area contributed by atoms with Gasteiger partial charge in [-0.1, -0.05) is 6.07 Å². The third-order valence-electron chi connectivity index (χ3n) is 3.22. The topological polar surface area (TPSA) is 84.7 Å². The second kappa shape index (κ2) is 5.27. The number of methoxy groups -OCH3 is 1. The van der Waals surface area contributed by atoms with Crippen LogP contribution in [0.4, 0.5) is 5.69 Å². The molecule has 0 saturated carbocycles. The van der Waals surface area contributed by atoms with E-state index in [4.69, 9.17) is 10.5 Å². The number of ether oxygens (including phenoxy) is 1. The average molecular weight is 263 g/mol. The van der Waals surface area contributed by atoms with Gasteiger partial charge in [-0.25, -0.2) is 0 Å². The van der Waals surface area contributed by atoms with Crippen molar-refractivity contribution in [3.63, 3.8) is 0 Å². The van der Waals surface area contributed by atoms with Gasteiger partial charge in [-0.15, -0.1) is 0 Å². The smallest absolute Gasteiger partial charge is 0.243 e. The van der Waals surface area contributed by atoms with Gasteiger partial charge in [0.15, 0.2) is 0 Å². The zero-order valence-electron chi connectivity index (χ0n) is 11.0. The second-order valence-corrected chi connectivity index (χ2v) is 4.57. The summed E-state index contributed by atoms with van der Waals surface area (Å²) in [5, 5.41) is 2.31. The fourth-order valence-corrected chi connectivity index (χ4v) is 2.08. The number of benzene rings is 1. The Morgan fingerprint density at radius 3 is 2.84 bits per heavy atom. The van der Waals surface area contributed by atoms with Crippen LogP contribution < -0.4 is 15.8 Å². The van der Waals surface area contributed by atoms with Crippen molar-refractivity contribution >= 4 is 17.5 Å². The van der Waals surface area contributed by atoms with E-state index in [1.54, 1.807) is 26.2 Å². The molecule has 6 nitrogen and oxygen atoms in total. The third kappa shape index (κ3) is 2.85. The molecular formula is C13H17N3O3. The summed E-state index contributed by atoms with van der Waals surface area (Å²) in [6, 6.07) is 5.11. The predicted molar refractivity (Wildman–Crippen MR) is 70.4 cm³/mol. The molecule has 0 aliphatic carbocycles. The van der Waals surface area contributed by atoms with E-state index in [-0.39, 0.29) is 24.4 Å². The molecule has 1 heterocycles. The standard InChI is InChI=1S/C13H17N3O3/c1-8-13(18)15-12(17)7-16(8)6-9-3-4-11(19-2)10(14)5-9/h3-5,8H,6-7,14H2,1-2H3,(H,15,17,18). The summed E-state index contributed by atoms with van der Waals surface area (Å²) in [7, 11) is 1.56. The number of nitrogens with zero attached hydrogens (tertiary/aromatic N) is 1. The SMILES string of the molecule is COc1ccc(CN2CC(=O)NC(=O)C2C)cc1N. The molecule has 1 fully saturated rings. The first kappa shape index (κ1) is 13.4. The monoisotopic (exact) mass is 263 g/mol. The molecule has 102 valence electrons. The predicted octanol–water partition coefficient (Wildman–Crippen LogP) is 0.124. The average Bonchev–Trinajstić information content (AvgIpc) is 2.35. The zero-order chi connectivity index (χ0) is 14.0. The molecule has 2 amide bonds. The number of nitrogens with two attached hydrogens (primary N) is 1. The van der Waals surface area contributed by atoms with Crippen molar-refractivity contribution in [1.82, 2.24) is 10.2 Å². The van der Waals surface area contributed by atoms with Gasteiger partial charge in [0.05, 0.1) is 25.4 Å². The van der Waals surface area contributed by atoms with E-state index in [0.29, 0.717) is 18.0 Å². The zero-order valence-corrected chi connectivity index (χ0v) is 11.0. The normalized spacial score (nSPS) is 20.2. The Balaban J connectivity index is 2.14. The quantitative estimate of drug-likeness (QED) is 0.598. The Bertz CT molecular complexity index is 516. The maximum absolute atomic E-state index is 11.6. The first-order chi connectivity index (χ1) is 9.01. The maximum atomic E-state index is 11.6. The summed E-state index contributed by atoms with van der Waals surface area (Å²) in [6.45, 7) is 2.47. The lowest BCUT2D eigenvalue weighted by Crippen LogP contribution is -2.56. The number of carbonyl (C=O) groups excluding carboxylic acids is 2. The van der Waals surface area contributed by atoms with E-state index < -0.39 is 0 Å². The first-order valence-corrected chi connectivity index (χ1v) is 6.01. The minimum atomic E-state index is -0.332. The summed E-state index contributed by atoms with van der Waals surface area (Å²) >= 11 is 0. The van der Waals surface area contributed by atoms with E-state index in [9.17, 15) is 9.59 Å². The Hall–Kier alpha value is -2.08. The highest BCUT2D eigenvalue weighted by Crippen LogP contribution is 2.23. The Morgan fingerprint density at radius 1 is 1.47 bits per heavy atom. The van der Waals surface area contributed by atoms with Crippen molar-refractivity contribution in [3.8, 4) is 5.75 Å². The molecule has 0 aromatic heterocycles. The number of nitrogen functional groups attached to an aromatic ring is 1. The Labute approximate surface area is 111 Å². The van der Waals surface area contributed by atoms with E-state index >= 15 is 0 Å². The van der Waals surface area contributed by atoms with Crippen molar-refractivity contribution < 1.29 is 14.3 Å². The fourth-order valence-electron chi connectivity index (χ4n) is 2.08. The lowest BCUT2D eigenvalue weighted by Gasteiger charge is -2.31. The minimum Gasteiger partial charge on any atom is -0.495 e. The highest BCUT2D eigenvalue weighted by Gasteiger charge is 2.29. The number of hydrogen-bond acceptors (Lipinski definition) is 5. The summed E-state index contributed by atoms with van der Waals surface area (Å²) in [5.41, 5.74) is 7.32. The van der Waals surface area contributed by atoms with Crippen LogP contribution in [0.3, 0.4) is 0 Å². The van der Waals surface area contributed by atoms with E-state index in [1.807, 2.05) is 11.0 Å². The lowest BCUT2D eigenvalue weighted by atomic mass is 10.1. The molecular weight excluding hydrogens is 246 g/mol. The molecule has 1 unspecified atom stereocenters. The van der Waals surface area contributed by atoms with E-state index in [0.717, 1.165) is 5.56 Å². The fraction of sp³-hybridized carbons (Fsp3) is 0.385. The van der Waals surface area contributed by atoms with E-state index in [2.05, 4.69) is 5.32 Å². The number of nitrogens with one attached hydrogen (secondary N) is 1. The van der Waals surface area contributed by atoms with Gasteiger partial charge in [0.25, 0.3) is 0 Å². The highest BCUT2D eigenvalue weighted by molar-refractivity contribution is 6.00. The first-order valence-electron chi connectivity index (χ1n) is 6.01. The van der Waals surface area contributed by atoms with Crippen LogP contribution in [-0.2, 0) is 16.1 Å². The molecule has 1 aliphatic rings. The van der Waals surface area contributed by atoms with Gasteiger partial charge < -0.3 is 10.5 Å².